The predicted molar refractivity (Wildman–Crippen MR) is 115 cm³/mol. The van der Waals surface area contributed by atoms with Crippen LogP contribution in [0.1, 0.15) is 11.1 Å². The Hall–Kier alpha value is -4.20. The van der Waals surface area contributed by atoms with E-state index in [0.717, 1.165) is 16.5 Å². The van der Waals surface area contributed by atoms with Gasteiger partial charge in [-0.2, -0.15) is 0 Å². The quantitative estimate of drug-likeness (QED) is 0.462. The average molecular weight is 413 g/mol. The number of hydrogen-bond acceptors (Lipinski definition) is 5. The third-order valence-corrected chi connectivity index (χ3v) is 5.17. The van der Waals surface area contributed by atoms with Crippen molar-refractivity contribution in [2.75, 3.05) is 0 Å². The number of hydrogen-bond donors (Lipinski definition) is 1. The number of para-hydroxylation sites is 1. The van der Waals surface area contributed by atoms with Gasteiger partial charge in [0.2, 0.25) is 11.5 Å². The Morgan fingerprint density at radius 3 is 2.68 bits per heavy atom. The molecule has 0 saturated heterocycles. The molecule has 1 amide bonds. The lowest BCUT2D eigenvalue weighted by Gasteiger charge is -2.12. The monoisotopic (exact) mass is 413 g/mol. The van der Waals surface area contributed by atoms with E-state index in [1.165, 1.54) is 10.9 Å². The van der Waals surface area contributed by atoms with Crippen LogP contribution in [0, 0.1) is 0 Å². The molecule has 0 fully saturated rings. The highest BCUT2D eigenvalue weighted by Crippen LogP contribution is 2.24. The fraction of sp³-hybridized carbons (Fsp3) is 0.130. The molecule has 0 saturated carbocycles. The first-order chi connectivity index (χ1) is 15.2. The summed E-state index contributed by atoms with van der Waals surface area (Å²) in [5.41, 5.74) is 2.97. The molecule has 5 rings (SSSR count). The fourth-order valence-corrected chi connectivity index (χ4v) is 3.59. The molecule has 3 aromatic heterocycles. The number of imidazole rings is 1. The SMILES string of the molecule is O=C(Cn1cnc2c(oc3ccccc32)c1=O)NCc1ccccc1Cn1ccnc1. The van der Waals surface area contributed by atoms with E-state index in [9.17, 15) is 9.59 Å². The molecular formula is C23H19N5O3. The molecule has 31 heavy (non-hydrogen) atoms. The Bertz CT molecular complexity index is 1430. The first-order valence-electron chi connectivity index (χ1n) is 9.85. The maximum Gasteiger partial charge on any atom is 0.297 e. The molecule has 0 bridgehead atoms. The van der Waals surface area contributed by atoms with Gasteiger partial charge in [0, 0.05) is 30.9 Å². The van der Waals surface area contributed by atoms with Crippen molar-refractivity contribution in [3.63, 3.8) is 0 Å². The standard InChI is InChI=1S/C23H19N5O3/c29-20(25-11-16-5-1-2-6-17(16)12-27-10-9-24-14-27)13-28-15-26-21-18-7-3-4-8-19(18)31-22(21)23(28)30/h1-10,14-15H,11-13H2,(H,25,29). The van der Waals surface area contributed by atoms with Gasteiger partial charge in [0.05, 0.1) is 12.7 Å². The Balaban J connectivity index is 1.31. The van der Waals surface area contributed by atoms with Crippen molar-refractivity contribution in [1.29, 1.82) is 0 Å². The molecule has 3 heterocycles. The third-order valence-electron chi connectivity index (χ3n) is 5.17. The number of fused-ring (bicyclic) bond motifs is 3. The molecule has 5 aromatic rings. The fourth-order valence-electron chi connectivity index (χ4n) is 3.59. The Labute approximate surface area is 176 Å². The molecule has 8 heteroatoms. The van der Waals surface area contributed by atoms with Gasteiger partial charge >= 0.3 is 0 Å². The van der Waals surface area contributed by atoms with E-state index < -0.39 is 0 Å². The van der Waals surface area contributed by atoms with Gasteiger partial charge in [0.25, 0.3) is 5.56 Å². The summed E-state index contributed by atoms with van der Waals surface area (Å²) in [6, 6.07) is 15.2. The number of aromatic nitrogens is 4. The molecule has 0 aliphatic carbocycles. The van der Waals surface area contributed by atoms with Crippen LogP contribution in [-0.2, 0) is 24.4 Å². The van der Waals surface area contributed by atoms with Crippen LogP contribution in [0.15, 0.2) is 82.8 Å². The van der Waals surface area contributed by atoms with Crippen molar-refractivity contribution in [2.45, 2.75) is 19.6 Å². The highest BCUT2D eigenvalue weighted by molar-refractivity contribution is 6.01. The van der Waals surface area contributed by atoms with E-state index in [2.05, 4.69) is 15.3 Å². The molecule has 0 radical (unpaired) electrons. The zero-order valence-corrected chi connectivity index (χ0v) is 16.6. The van der Waals surface area contributed by atoms with Gasteiger partial charge in [-0.15, -0.1) is 0 Å². The normalized spacial score (nSPS) is 11.2. The van der Waals surface area contributed by atoms with E-state index in [1.54, 1.807) is 18.6 Å². The summed E-state index contributed by atoms with van der Waals surface area (Å²) in [5, 5.41) is 3.67. The minimum absolute atomic E-state index is 0.136. The molecule has 8 nitrogen and oxygen atoms in total. The van der Waals surface area contributed by atoms with Gasteiger partial charge in [-0.1, -0.05) is 36.4 Å². The first-order valence-corrected chi connectivity index (χ1v) is 9.85. The Morgan fingerprint density at radius 1 is 1.03 bits per heavy atom. The van der Waals surface area contributed by atoms with Crippen molar-refractivity contribution in [2.24, 2.45) is 0 Å². The maximum absolute atomic E-state index is 12.8. The summed E-state index contributed by atoms with van der Waals surface area (Å²) in [6.07, 6.45) is 6.76. The molecule has 2 aromatic carbocycles. The summed E-state index contributed by atoms with van der Waals surface area (Å²) in [4.78, 5) is 33.7. The number of carbonyl (C=O) groups excluding carboxylic acids is 1. The van der Waals surface area contributed by atoms with Crippen LogP contribution in [0.3, 0.4) is 0 Å². The van der Waals surface area contributed by atoms with Crippen LogP contribution in [-0.4, -0.2) is 25.0 Å². The zero-order valence-electron chi connectivity index (χ0n) is 16.6. The second kappa shape index (κ2) is 7.91. The van der Waals surface area contributed by atoms with Gasteiger partial charge < -0.3 is 14.3 Å². The maximum atomic E-state index is 12.8. The van der Waals surface area contributed by atoms with E-state index in [4.69, 9.17) is 4.42 Å². The lowest BCUT2D eigenvalue weighted by atomic mass is 10.1. The molecule has 0 atom stereocenters. The van der Waals surface area contributed by atoms with Gasteiger partial charge in [-0.3, -0.25) is 14.2 Å². The third kappa shape index (κ3) is 3.71. The van der Waals surface area contributed by atoms with Crippen LogP contribution in [0.2, 0.25) is 0 Å². The zero-order chi connectivity index (χ0) is 21.2. The van der Waals surface area contributed by atoms with Crippen molar-refractivity contribution >= 4 is 28.0 Å². The van der Waals surface area contributed by atoms with E-state index in [0.29, 0.717) is 24.2 Å². The lowest BCUT2D eigenvalue weighted by molar-refractivity contribution is -0.121. The summed E-state index contributed by atoms with van der Waals surface area (Å²) >= 11 is 0. The minimum Gasteiger partial charge on any atom is -0.448 e. The number of benzene rings is 2. The van der Waals surface area contributed by atoms with Gasteiger partial charge in [0.15, 0.2) is 0 Å². The summed E-state index contributed by atoms with van der Waals surface area (Å²) in [5.74, 6) is -0.281. The lowest BCUT2D eigenvalue weighted by Crippen LogP contribution is -2.32. The smallest absolute Gasteiger partial charge is 0.297 e. The van der Waals surface area contributed by atoms with Crippen LogP contribution in [0.4, 0.5) is 0 Å². The second-order valence-corrected chi connectivity index (χ2v) is 7.23. The van der Waals surface area contributed by atoms with E-state index in [1.807, 2.05) is 53.2 Å². The number of rotatable bonds is 6. The summed E-state index contributed by atoms with van der Waals surface area (Å²) < 4.78 is 8.89. The summed E-state index contributed by atoms with van der Waals surface area (Å²) in [6.45, 7) is 0.888. The summed E-state index contributed by atoms with van der Waals surface area (Å²) in [7, 11) is 0. The predicted octanol–water partition coefficient (Wildman–Crippen LogP) is 2.70. The number of nitrogens with zero attached hydrogens (tertiary/aromatic N) is 4. The Kier molecular flexibility index (Phi) is 4.80. The van der Waals surface area contributed by atoms with Crippen molar-refractivity contribution in [1.82, 2.24) is 24.4 Å². The highest BCUT2D eigenvalue weighted by atomic mass is 16.3. The van der Waals surface area contributed by atoms with Crippen molar-refractivity contribution < 1.29 is 9.21 Å². The number of amides is 1. The van der Waals surface area contributed by atoms with Crippen molar-refractivity contribution in [3.8, 4) is 0 Å². The highest BCUT2D eigenvalue weighted by Gasteiger charge is 2.14. The van der Waals surface area contributed by atoms with Crippen LogP contribution in [0.25, 0.3) is 22.1 Å². The molecule has 0 aliphatic heterocycles. The van der Waals surface area contributed by atoms with E-state index >= 15 is 0 Å². The van der Waals surface area contributed by atoms with Gasteiger partial charge in [-0.05, 0) is 23.3 Å². The number of carbonyl (C=O) groups is 1. The molecule has 0 aliphatic rings. The Morgan fingerprint density at radius 2 is 1.84 bits per heavy atom. The van der Waals surface area contributed by atoms with Crippen LogP contribution in [0.5, 0.6) is 0 Å². The second-order valence-electron chi connectivity index (χ2n) is 7.23. The minimum atomic E-state index is -0.378. The number of nitrogens with one attached hydrogen (secondary N) is 1. The molecule has 0 unspecified atom stereocenters. The number of furan rings is 1. The van der Waals surface area contributed by atoms with Gasteiger partial charge in [-0.25, -0.2) is 9.97 Å². The van der Waals surface area contributed by atoms with Crippen molar-refractivity contribution in [3.05, 3.63) is 95.1 Å². The average Bonchev–Trinajstić information content (AvgIpc) is 3.43. The van der Waals surface area contributed by atoms with E-state index in [-0.39, 0.29) is 23.6 Å². The van der Waals surface area contributed by atoms with Crippen LogP contribution < -0.4 is 10.9 Å². The van der Waals surface area contributed by atoms with Crippen LogP contribution >= 0.6 is 0 Å². The molecule has 154 valence electrons. The topological polar surface area (TPSA) is 95.0 Å². The first kappa shape index (κ1) is 18.8. The molecule has 1 N–H and O–H groups in total. The molecular weight excluding hydrogens is 394 g/mol. The largest absolute Gasteiger partial charge is 0.448 e. The van der Waals surface area contributed by atoms with Gasteiger partial charge in [0.1, 0.15) is 17.6 Å². The molecule has 0 spiro atoms.